The van der Waals surface area contributed by atoms with Gasteiger partial charge in [0.15, 0.2) is 0 Å². The molecule has 0 N–H and O–H groups in total. The highest BCUT2D eigenvalue weighted by molar-refractivity contribution is 7.98. The van der Waals surface area contributed by atoms with E-state index in [1.54, 1.807) is 18.7 Å². The Labute approximate surface area is 98.3 Å². The number of rotatable bonds is 2. The van der Waals surface area contributed by atoms with Gasteiger partial charge in [-0.25, -0.2) is 4.79 Å². The minimum Gasteiger partial charge on any atom is -0.428 e. The zero-order valence-corrected chi connectivity index (χ0v) is 10.0. The second-order valence-corrected chi connectivity index (χ2v) is 4.38. The third-order valence-electron chi connectivity index (χ3n) is 2.32. The van der Waals surface area contributed by atoms with Crippen molar-refractivity contribution in [2.45, 2.75) is 11.8 Å². The molecule has 0 atom stereocenters. The van der Waals surface area contributed by atoms with Crippen LogP contribution in [0.1, 0.15) is 5.76 Å². The first kappa shape index (κ1) is 11.0. The van der Waals surface area contributed by atoms with Crippen molar-refractivity contribution in [3.05, 3.63) is 52.6 Å². The van der Waals surface area contributed by atoms with E-state index in [0.29, 0.717) is 5.76 Å². The Morgan fingerprint density at radius 2 is 1.75 bits per heavy atom. The molecule has 0 unspecified atom stereocenters. The number of aryl methyl sites for hydroxylation is 1. The standard InChI is InChI=1S/C13H12O2S/c1-9-7-11(8-13(14)15-9)10-3-5-12(16-2)6-4-10/h3-8H,1-2H3. The molecule has 0 aliphatic rings. The molecule has 16 heavy (non-hydrogen) atoms. The van der Waals surface area contributed by atoms with Crippen LogP contribution in [0.2, 0.25) is 0 Å². The summed E-state index contributed by atoms with van der Waals surface area (Å²) in [4.78, 5) is 12.4. The van der Waals surface area contributed by atoms with Gasteiger partial charge >= 0.3 is 5.63 Å². The fourth-order valence-electron chi connectivity index (χ4n) is 1.56. The summed E-state index contributed by atoms with van der Waals surface area (Å²) in [5.41, 5.74) is 1.64. The van der Waals surface area contributed by atoms with Crippen molar-refractivity contribution in [2.24, 2.45) is 0 Å². The first-order chi connectivity index (χ1) is 7.69. The molecule has 0 radical (unpaired) electrons. The molecule has 2 rings (SSSR count). The number of hydrogen-bond acceptors (Lipinski definition) is 3. The van der Waals surface area contributed by atoms with E-state index in [4.69, 9.17) is 4.42 Å². The summed E-state index contributed by atoms with van der Waals surface area (Å²) in [6.07, 6.45) is 2.04. The zero-order chi connectivity index (χ0) is 11.5. The predicted molar refractivity (Wildman–Crippen MR) is 66.9 cm³/mol. The fraction of sp³-hybridized carbons (Fsp3) is 0.154. The lowest BCUT2D eigenvalue weighted by molar-refractivity contribution is 0.481. The topological polar surface area (TPSA) is 30.2 Å². The maximum Gasteiger partial charge on any atom is 0.336 e. The van der Waals surface area contributed by atoms with Crippen LogP contribution >= 0.6 is 11.8 Å². The smallest absolute Gasteiger partial charge is 0.336 e. The van der Waals surface area contributed by atoms with Crippen LogP contribution in [-0.4, -0.2) is 6.26 Å². The van der Waals surface area contributed by atoms with E-state index in [9.17, 15) is 4.79 Å². The van der Waals surface area contributed by atoms with Gasteiger partial charge in [0, 0.05) is 11.0 Å². The van der Waals surface area contributed by atoms with Gasteiger partial charge in [0.25, 0.3) is 0 Å². The third-order valence-corrected chi connectivity index (χ3v) is 3.06. The zero-order valence-electron chi connectivity index (χ0n) is 9.19. The predicted octanol–water partition coefficient (Wildman–Crippen LogP) is 3.34. The molecule has 1 aromatic heterocycles. The summed E-state index contributed by atoms with van der Waals surface area (Å²) in [6, 6.07) is 11.5. The molecule has 0 amide bonds. The molecule has 0 bridgehead atoms. The quantitative estimate of drug-likeness (QED) is 0.744. The van der Waals surface area contributed by atoms with Gasteiger partial charge in [0.2, 0.25) is 0 Å². The lowest BCUT2D eigenvalue weighted by Crippen LogP contribution is -1.98. The highest BCUT2D eigenvalue weighted by Gasteiger charge is 2.01. The van der Waals surface area contributed by atoms with Gasteiger partial charge in [-0.1, -0.05) is 12.1 Å². The minimum absolute atomic E-state index is 0.302. The first-order valence-electron chi connectivity index (χ1n) is 4.95. The number of thioether (sulfide) groups is 1. The molecule has 3 heteroatoms. The van der Waals surface area contributed by atoms with Gasteiger partial charge < -0.3 is 4.42 Å². The van der Waals surface area contributed by atoms with E-state index in [1.165, 1.54) is 11.0 Å². The minimum atomic E-state index is -0.302. The van der Waals surface area contributed by atoms with Crippen molar-refractivity contribution in [3.8, 4) is 11.1 Å². The highest BCUT2D eigenvalue weighted by Crippen LogP contribution is 2.22. The van der Waals surface area contributed by atoms with Crippen LogP contribution in [0.15, 0.2) is 50.5 Å². The number of benzene rings is 1. The molecule has 0 spiro atoms. The van der Waals surface area contributed by atoms with Crippen LogP contribution in [0.4, 0.5) is 0 Å². The molecule has 0 aliphatic heterocycles. The van der Waals surface area contributed by atoms with Crippen molar-refractivity contribution in [1.82, 2.24) is 0 Å². The van der Waals surface area contributed by atoms with Crippen LogP contribution in [0, 0.1) is 6.92 Å². The maximum atomic E-state index is 11.2. The second kappa shape index (κ2) is 4.58. The van der Waals surface area contributed by atoms with E-state index < -0.39 is 0 Å². The van der Waals surface area contributed by atoms with Crippen molar-refractivity contribution in [2.75, 3.05) is 6.26 Å². The normalized spacial score (nSPS) is 10.4. The Hall–Kier alpha value is -1.48. The Balaban J connectivity index is 2.46. The Morgan fingerprint density at radius 3 is 2.31 bits per heavy atom. The molecule has 0 saturated heterocycles. The fourth-order valence-corrected chi connectivity index (χ4v) is 1.96. The van der Waals surface area contributed by atoms with Gasteiger partial charge in [-0.2, -0.15) is 0 Å². The average molecular weight is 232 g/mol. The third kappa shape index (κ3) is 2.36. The van der Waals surface area contributed by atoms with E-state index >= 15 is 0 Å². The lowest BCUT2D eigenvalue weighted by atomic mass is 10.1. The summed E-state index contributed by atoms with van der Waals surface area (Å²) < 4.78 is 4.92. The van der Waals surface area contributed by atoms with E-state index in [1.807, 2.05) is 36.6 Å². The molecule has 82 valence electrons. The lowest BCUT2D eigenvalue weighted by Gasteiger charge is -2.02. The summed E-state index contributed by atoms with van der Waals surface area (Å²) in [5, 5.41) is 0. The molecule has 1 aromatic carbocycles. The monoisotopic (exact) mass is 232 g/mol. The molecule has 2 aromatic rings. The molecule has 1 heterocycles. The summed E-state index contributed by atoms with van der Waals surface area (Å²) >= 11 is 1.70. The van der Waals surface area contributed by atoms with E-state index in [2.05, 4.69) is 0 Å². The summed E-state index contributed by atoms with van der Waals surface area (Å²) in [6.45, 7) is 1.78. The Morgan fingerprint density at radius 1 is 1.06 bits per heavy atom. The van der Waals surface area contributed by atoms with Crippen LogP contribution in [0.3, 0.4) is 0 Å². The van der Waals surface area contributed by atoms with E-state index in [-0.39, 0.29) is 5.63 Å². The van der Waals surface area contributed by atoms with E-state index in [0.717, 1.165) is 11.1 Å². The molecule has 2 nitrogen and oxygen atoms in total. The van der Waals surface area contributed by atoms with Gasteiger partial charge in [-0.05, 0) is 42.5 Å². The van der Waals surface area contributed by atoms with Gasteiger partial charge in [0.05, 0.1) is 0 Å². The summed E-state index contributed by atoms with van der Waals surface area (Å²) in [7, 11) is 0. The molecule has 0 saturated carbocycles. The summed E-state index contributed by atoms with van der Waals surface area (Å²) in [5.74, 6) is 0.636. The van der Waals surface area contributed by atoms with Crippen molar-refractivity contribution >= 4 is 11.8 Å². The van der Waals surface area contributed by atoms with Crippen LogP contribution < -0.4 is 5.63 Å². The molecular formula is C13H12O2S. The van der Waals surface area contributed by atoms with Gasteiger partial charge in [0.1, 0.15) is 5.76 Å². The largest absolute Gasteiger partial charge is 0.428 e. The Kier molecular flexibility index (Phi) is 3.15. The van der Waals surface area contributed by atoms with Crippen molar-refractivity contribution in [3.63, 3.8) is 0 Å². The first-order valence-corrected chi connectivity index (χ1v) is 6.18. The second-order valence-electron chi connectivity index (χ2n) is 3.50. The van der Waals surface area contributed by atoms with Crippen LogP contribution in [0.25, 0.3) is 11.1 Å². The maximum absolute atomic E-state index is 11.2. The van der Waals surface area contributed by atoms with Crippen LogP contribution in [-0.2, 0) is 0 Å². The molecular weight excluding hydrogens is 220 g/mol. The number of hydrogen-bond donors (Lipinski definition) is 0. The molecule has 0 aliphatic carbocycles. The van der Waals surface area contributed by atoms with Crippen LogP contribution in [0.5, 0.6) is 0 Å². The molecule has 0 fully saturated rings. The SMILES string of the molecule is CSc1ccc(-c2cc(C)oc(=O)c2)cc1. The highest BCUT2D eigenvalue weighted by atomic mass is 32.2. The van der Waals surface area contributed by atoms with Gasteiger partial charge in [-0.3, -0.25) is 0 Å². The van der Waals surface area contributed by atoms with Crippen molar-refractivity contribution < 1.29 is 4.42 Å². The van der Waals surface area contributed by atoms with Crippen molar-refractivity contribution in [1.29, 1.82) is 0 Å². The Bertz CT molecular complexity index is 541. The average Bonchev–Trinajstić information content (AvgIpc) is 2.28. The van der Waals surface area contributed by atoms with Gasteiger partial charge in [-0.15, -0.1) is 11.8 Å².